The highest BCUT2D eigenvalue weighted by Gasteiger charge is 2.21. The second-order valence-electron chi connectivity index (χ2n) is 6.98. The topological polar surface area (TPSA) is 70.5 Å². The fourth-order valence-corrected chi connectivity index (χ4v) is 3.28. The van der Waals surface area contributed by atoms with Crippen molar-refractivity contribution in [1.29, 1.82) is 0 Å². The van der Waals surface area contributed by atoms with E-state index < -0.39 is 0 Å². The van der Waals surface area contributed by atoms with Gasteiger partial charge < -0.3 is 20.1 Å². The van der Waals surface area contributed by atoms with E-state index in [-0.39, 0.29) is 12.7 Å². The zero-order chi connectivity index (χ0) is 18.4. The fourth-order valence-electron chi connectivity index (χ4n) is 3.28. The van der Waals surface area contributed by atoms with Crippen molar-refractivity contribution in [3.63, 3.8) is 0 Å². The molecule has 1 aliphatic heterocycles. The summed E-state index contributed by atoms with van der Waals surface area (Å²) < 4.78 is 5.75. The SMILES string of the molecule is CC(C)Oc1ccc(CN[C@@H]2CCCN(c3ncccn3)C2)cc1CO. The molecule has 2 heterocycles. The van der Waals surface area contributed by atoms with Gasteiger partial charge in [0.05, 0.1) is 12.7 Å². The average molecular weight is 356 g/mol. The molecule has 0 aliphatic carbocycles. The van der Waals surface area contributed by atoms with Crippen LogP contribution in [0.2, 0.25) is 0 Å². The molecule has 6 nitrogen and oxygen atoms in total. The number of aliphatic hydroxyl groups is 1. The minimum Gasteiger partial charge on any atom is -0.491 e. The Morgan fingerprint density at radius 1 is 1.31 bits per heavy atom. The first kappa shape index (κ1) is 18.6. The number of aliphatic hydroxyl groups excluding tert-OH is 1. The molecule has 0 radical (unpaired) electrons. The maximum absolute atomic E-state index is 9.61. The normalized spacial score (nSPS) is 17.5. The second kappa shape index (κ2) is 8.96. The lowest BCUT2D eigenvalue weighted by molar-refractivity contribution is 0.225. The summed E-state index contributed by atoms with van der Waals surface area (Å²) in [6.45, 7) is 6.63. The number of hydrogen-bond donors (Lipinski definition) is 2. The molecule has 140 valence electrons. The lowest BCUT2D eigenvalue weighted by Gasteiger charge is -2.33. The summed E-state index contributed by atoms with van der Waals surface area (Å²) >= 11 is 0. The highest BCUT2D eigenvalue weighted by atomic mass is 16.5. The summed E-state index contributed by atoms with van der Waals surface area (Å²) in [7, 11) is 0. The van der Waals surface area contributed by atoms with Gasteiger partial charge in [-0.1, -0.05) is 6.07 Å². The van der Waals surface area contributed by atoms with Gasteiger partial charge in [-0.05, 0) is 50.5 Å². The number of anilines is 1. The van der Waals surface area contributed by atoms with E-state index in [2.05, 4.69) is 26.3 Å². The molecule has 1 saturated heterocycles. The van der Waals surface area contributed by atoms with E-state index in [1.54, 1.807) is 12.4 Å². The largest absolute Gasteiger partial charge is 0.491 e. The van der Waals surface area contributed by atoms with Crippen molar-refractivity contribution in [2.75, 3.05) is 18.0 Å². The van der Waals surface area contributed by atoms with Crippen LogP contribution in [0, 0.1) is 0 Å². The summed E-state index contributed by atoms with van der Waals surface area (Å²) in [5.74, 6) is 1.56. The molecule has 1 aromatic carbocycles. The Morgan fingerprint density at radius 3 is 2.85 bits per heavy atom. The summed E-state index contributed by atoms with van der Waals surface area (Å²) in [5, 5.41) is 13.2. The summed E-state index contributed by atoms with van der Waals surface area (Å²) in [6.07, 6.45) is 5.94. The van der Waals surface area contributed by atoms with Crippen molar-refractivity contribution in [2.45, 2.75) is 52.0 Å². The van der Waals surface area contributed by atoms with Gasteiger partial charge in [0.1, 0.15) is 5.75 Å². The fraction of sp³-hybridized carbons (Fsp3) is 0.500. The van der Waals surface area contributed by atoms with Gasteiger partial charge in [0.25, 0.3) is 0 Å². The first-order chi connectivity index (χ1) is 12.7. The Bertz CT molecular complexity index is 693. The van der Waals surface area contributed by atoms with Gasteiger partial charge in [0, 0.05) is 43.6 Å². The van der Waals surface area contributed by atoms with Crippen molar-refractivity contribution in [3.8, 4) is 5.75 Å². The molecule has 0 spiro atoms. The van der Waals surface area contributed by atoms with Gasteiger partial charge in [0.15, 0.2) is 0 Å². The molecule has 0 saturated carbocycles. The van der Waals surface area contributed by atoms with E-state index in [4.69, 9.17) is 4.74 Å². The third kappa shape index (κ3) is 4.93. The Labute approximate surface area is 155 Å². The third-order valence-electron chi connectivity index (χ3n) is 4.51. The summed E-state index contributed by atoms with van der Waals surface area (Å²) in [5.41, 5.74) is 1.99. The predicted octanol–water partition coefficient (Wildman–Crippen LogP) is 2.51. The van der Waals surface area contributed by atoms with Crippen molar-refractivity contribution >= 4 is 5.95 Å². The van der Waals surface area contributed by atoms with Crippen LogP contribution in [0.5, 0.6) is 5.75 Å². The molecule has 2 N–H and O–H groups in total. The Hall–Kier alpha value is -2.18. The van der Waals surface area contributed by atoms with Gasteiger partial charge >= 0.3 is 0 Å². The molecular formula is C20H28N4O2. The Kier molecular flexibility index (Phi) is 6.41. The molecule has 0 bridgehead atoms. The molecule has 3 rings (SSSR count). The molecule has 1 aliphatic rings. The number of ether oxygens (including phenoxy) is 1. The standard InChI is InChI=1S/C20H28N4O2/c1-15(2)26-19-7-6-16(11-17(19)14-25)12-23-18-5-3-10-24(13-18)20-21-8-4-9-22-20/h4,6-9,11,15,18,23,25H,3,5,10,12-14H2,1-2H3/t18-/m1/s1. The molecule has 2 aromatic rings. The maximum Gasteiger partial charge on any atom is 0.225 e. The first-order valence-corrected chi connectivity index (χ1v) is 9.30. The van der Waals surface area contributed by atoms with Crippen LogP contribution in [-0.2, 0) is 13.2 Å². The minimum absolute atomic E-state index is 0.0154. The lowest BCUT2D eigenvalue weighted by atomic mass is 10.0. The highest BCUT2D eigenvalue weighted by Crippen LogP contribution is 2.22. The maximum atomic E-state index is 9.61. The summed E-state index contributed by atoms with van der Waals surface area (Å²) in [6, 6.07) is 8.27. The summed E-state index contributed by atoms with van der Waals surface area (Å²) in [4.78, 5) is 10.9. The van der Waals surface area contributed by atoms with Crippen LogP contribution in [-0.4, -0.2) is 40.3 Å². The molecule has 1 atom stereocenters. The lowest BCUT2D eigenvalue weighted by Crippen LogP contribution is -2.46. The number of piperidine rings is 1. The monoisotopic (exact) mass is 356 g/mol. The number of nitrogens with zero attached hydrogens (tertiary/aromatic N) is 3. The van der Waals surface area contributed by atoms with Crippen LogP contribution < -0.4 is 15.0 Å². The number of benzene rings is 1. The van der Waals surface area contributed by atoms with Crippen molar-refractivity contribution in [2.24, 2.45) is 0 Å². The second-order valence-corrected chi connectivity index (χ2v) is 6.98. The molecule has 1 fully saturated rings. The van der Waals surface area contributed by atoms with Gasteiger partial charge in [-0.15, -0.1) is 0 Å². The highest BCUT2D eigenvalue weighted by molar-refractivity contribution is 5.37. The number of nitrogens with one attached hydrogen (secondary N) is 1. The average Bonchev–Trinajstić information content (AvgIpc) is 2.67. The van der Waals surface area contributed by atoms with Crippen LogP contribution in [0.3, 0.4) is 0 Å². The molecule has 0 amide bonds. The quantitative estimate of drug-likeness (QED) is 0.794. The van der Waals surface area contributed by atoms with Gasteiger partial charge in [0.2, 0.25) is 5.95 Å². The van der Waals surface area contributed by atoms with E-state index in [1.807, 2.05) is 32.0 Å². The van der Waals surface area contributed by atoms with Crippen molar-refractivity contribution < 1.29 is 9.84 Å². The Morgan fingerprint density at radius 2 is 2.12 bits per heavy atom. The van der Waals surface area contributed by atoms with E-state index in [0.717, 1.165) is 55.3 Å². The van der Waals surface area contributed by atoms with E-state index in [1.165, 1.54) is 0 Å². The smallest absolute Gasteiger partial charge is 0.225 e. The number of rotatable bonds is 7. The van der Waals surface area contributed by atoms with E-state index in [9.17, 15) is 5.11 Å². The van der Waals surface area contributed by atoms with Crippen LogP contribution in [0.25, 0.3) is 0 Å². The molecule has 1 aromatic heterocycles. The molecule has 6 heteroatoms. The molecule has 0 unspecified atom stereocenters. The van der Waals surface area contributed by atoms with Crippen molar-refractivity contribution in [3.05, 3.63) is 47.8 Å². The van der Waals surface area contributed by atoms with Crippen LogP contribution in [0.4, 0.5) is 5.95 Å². The zero-order valence-electron chi connectivity index (χ0n) is 15.6. The number of aromatic nitrogens is 2. The minimum atomic E-state index is -0.0154. The van der Waals surface area contributed by atoms with Crippen LogP contribution >= 0.6 is 0 Å². The van der Waals surface area contributed by atoms with Crippen molar-refractivity contribution in [1.82, 2.24) is 15.3 Å². The van der Waals surface area contributed by atoms with Gasteiger partial charge in [-0.2, -0.15) is 0 Å². The van der Waals surface area contributed by atoms with Gasteiger partial charge in [-0.3, -0.25) is 0 Å². The van der Waals surface area contributed by atoms with E-state index >= 15 is 0 Å². The Balaban J connectivity index is 1.58. The van der Waals surface area contributed by atoms with E-state index in [0.29, 0.717) is 6.04 Å². The first-order valence-electron chi connectivity index (χ1n) is 9.30. The van der Waals surface area contributed by atoms with Gasteiger partial charge in [-0.25, -0.2) is 9.97 Å². The van der Waals surface area contributed by atoms with Crippen LogP contribution in [0.1, 0.15) is 37.8 Å². The number of hydrogen-bond acceptors (Lipinski definition) is 6. The van der Waals surface area contributed by atoms with Crippen LogP contribution in [0.15, 0.2) is 36.7 Å². The third-order valence-corrected chi connectivity index (χ3v) is 4.51. The predicted molar refractivity (Wildman–Crippen MR) is 102 cm³/mol. The zero-order valence-corrected chi connectivity index (χ0v) is 15.6. The molecular weight excluding hydrogens is 328 g/mol. The molecule has 26 heavy (non-hydrogen) atoms.